The molecule has 1 aliphatic heterocycles. The summed E-state index contributed by atoms with van der Waals surface area (Å²) >= 11 is 0. The number of hydrogen-bond acceptors (Lipinski definition) is 4. The summed E-state index contributed by atoms with van der Waals surface area (Å²) in [4.78, 5) is 26.4. The van der Waals surface area contributed by atoms with Crippen LogP contribution in [0, 0.1) is 11.8 Å². The summed E-state index contributed by atoms with van der Waals surface area (Å²) in [5, 5.41) is 10.5. The largest absolute Gasteiger partial charge is 0.465 e. The molecule has 25 heavy (non-hydrogen) atoms. The number of likely N-dealkylation sites (tertiary alicyclic amines) is 1. The van der Waals surface area contributed by atoms with E-state index >= 15 is 0 Å². The van der Waals surface area contributed by atoms with Gasteiger partial charge in [0.1, 0.15) is 0 Å². The number of methoxy groups -OCH3 is 1. The summed E-state index contributed by atoms with van der Waals surface area (Å²) in [6.07, 6.45) is 4.51. The monoisotopic (exact) mass is 345 g/mol. The van der Waals surface area contributed by atoms with Gasteiger partial charge in [0.15, 0.2) is 0 Å². The zero-order valence-corrected chi connectivity index (χ0v) is 15.0. The average Bonchev–Trinajstić information content (AvgIpc) is 3.12. The Morgan fingerprint density at radius 3 is 2.48 bits per heavy atom. The van der Waals surface area contributed by atoms with Crippen molar-refractivity contribution < 1.29 is 19.4 Å². The number of benzene rings is 1. The predicted molar refractivity (Wildman–Crippen MR) is 94.4 cm³/mol. The van der Waals surface area contributed by atoms with Gasteiger partial charge in [0.05, 0.1) is 18.8 Å². The Morgan fingerprint density at radius 1 is 1.12 bits per heavy atom. The van der Waals surface area contributed by atoms with Gasteiger partial charge in [0.2, 0.25) is 0 Å². The van der Waals surface area contributed by atoms with Gasteiger partial charge in [-0.3, -0.25) is 4.79 Å². The van der Waals surface area contributed by atoms with E-state index in [-0.39, 0.29) is 24.0 Å². The number of carbonyl (C=O) groups excluding carboxylic acids is 2. The number of nitrogens with zero attached hydrogens (tertiary/aromatic N) is 1. The minimum absolute atomic E-state index is 0.00987. The van der Waals surface area contributed by atoms with Crippen molar-refractivity contribution in [3.8, 4) is 0 Å². The number of amides is 1. The van der Waals surface area contributed by atoms with Crippen LogP contribution in [0.4, 0.5) is 0 Å². The Bertz CT molecular complexity index is 627. The van der Waals surface area contributed by atoms with Gasteiger partial charge in [-0.2, -0.15) is 0 Å². The lowest BCUT2D eigenvalue weighted by atomic mass is 9.76. The van der Waals surface area contributed by atoms with Crippen molar-refractivity contribution in [2.75, 3.05) is 13.7 Å². The van der Waals surface area contributed by atoms with Crippen LogP contribution in [0.15, 0.2) is 24.3 Å². The number of esters is 1. The van der Waals surface area contributed by atoms with Gasteiger partial charge < -0.3 is 14.7 Å². The summed E-state index contributed by atoms with van der Waals surface area (Å²) < 4.78 is 4.69. The van der Waals surface area contributed by atoms with Crippen LogP contribution in [-0.2, 0) is 4.74 Å². The molecule has 1 amide bonds. The van der Waals surface area contributed by atoms with E-state index in [4.69, 9.17) is 4.74 Å². The molecule has 136 valence electrons. The van der Waals surface area contributed by atoms with E-state index in [1.807, 2.05) is 4.90 Å². The molecule has 1 saturated carbocycles. The normalized spacial score (nSPS) is 29.5. The van der Waals surface area contributed by atoms with Crippen molar-refractivity contribution in [3.05, 3.63) is 35.4 Å². The van der Waals surface area contributed by atoms with E-state index in [2.05, 4.69) is 6.92 Å². The van der Waals surface area contributed by atoms with Crippen molar-refractivity contribution in [3.63, 3.8) is 0 Å². The molecule has 1 aromatic carbocycles. The molecule has 1 N–H and O–H groups in total. The fourth-order valence-electron chi connectivity index (χ4n) is 4.34. The Labute approximate surface area is 149 Å². The molecule has 0 spiro atoms. The highest BCUT2D eigenvalue weighted by atomic mass is 16.5. The van der Waals surface area contributed by atoms with Crippen LogP contribution in [-0.4, -0.2) is 47.7 Å². The first-order valence-corrected chi connectivity index (χ1v) is 9.18. The molecule has 2 fully saturated rings. The number of hydrogen-bond donors (Lipinski definition) is 1. The van der Waals surface area contributed by atoms with E-state index in [1.54, 1.807) is 24.3 Å². The predicted octanol–water partition coefficient (Wildman–Crippen LogP) is 2.87. The molecule has 1 aliphatic carbocycles. The Kier molecular flexibility index (Phi) is 5.42. The summed E-state index contributed by atoms with van der Waals surface area (Å²) in [5.74, 6) is 0.358. The molecule has 0 radical (unpaired) electrons. The maximum Gasteiger partial charge on any atom is 0.337 e. The number of aliphatic hydroxyl groups is 1. The van der Waals surface area contributed by atoms with Gasteiger partial charge in [0.25, 0.3) is 5.91 Å². The van der Waals surface area contributed by atoms with Crippen LogP contribution < -0.4 is 0 Å². The minimum Gasteiger partial charge on any atom is -0.465 e. The van der Waals surface area contributed by atoms with Crippen LogP contribution in [0.5, 0.6) is 0 Å². The quantitative estimate of drug-likeness (QED) is 0.856. The Balaban J connectivity index is 1.75. The average molecular weight is 345 g/mol. The summed E-state index contributed by atoms with van der Waals surface area (Å²) in [6.45, 7) is 2.96. The first-order valence-electron chi connectivity index (χ1n) is 9.18. The highest BCUT2D eigenvalue weighted by Crippen LogP contribution is 2.37. The third-order valence-corrected chi connectivity index (χ3v) is 5.73. The molecule has 4 atom stereocenters. The maximum atomic E-state index is 13.0. The number of aliphatic hydroxyl groups excluding tert-OH is 1. The molecule has 1 aromatic rings. The Hall–Kier alpha value is -1.88. The van der Waals surface area contributed by atoms with Crippen molar-refractivity contribution in [1.82, 2.24) is 4.90 Å². The first-order chi connectivity index (χ1) is 12.0. The van der Waals surface area contributed by atoms with Gasteiger partial charge in [-0.05, 0) is 62.3 Å². The molecule has 0 bridgehead atoms. The highest BCUT2D eigenvalue weighted by molar-refractivity contribution is 5.96. The number of carbonyl (C=O) groups is 2. The Morgan fingerprint density at radius 2 is 1.80 bits per heavy atom. The molecule has 3 rings (SSSR count). The van der Waals surface area contributed by atoms with Crippen molar-refractivity contribution >= 4 is 11.9 Å². The maximum absolute atomic E-state index is 13.0. The second-order valence-electron chi connectivity index (χ2n) is 7.43. The van der Waals surface area contributed by atoms with Crippen LogP contribution in [0.2, 0.25) is 0 Å². The summed E-state index contributed by atoms with van der Waals surface area (Å²) in [5.41, 5.74) is 1.02. The fraction of sp³-hybridized carbons (Fsp3) is 0.600. The zero-order chi connectivity index (χ0) is 18.0. The fourth-order valence-corrected chi connectivity index (χ4v) is 4.34. The van der Waals surface area contributed by atoms with Crippen LogP contribution in [0.3, 0.4) is 0 Å². The smallest absolute Gasteiger partial charge is 0.337 e. The molecule has 0 unspecified atom stereocenters. The van der Waals surface area contributed by atoms with Gasteiger partial charge in [0, 0.05) is 24.1 Å². The minimum atomic E-state index is -0.405. The summed E-state index contributed by atoms with van der Waals surface area (Å²) in [6, 6.07) is 6.74. The van der Waals surface area contributed by atoms with Crippen LogP contribution in [0.25, 0.3) is 0 Å². The van der Waals surface area contributed by atoms with Gasteiger partial charge in [-0.1, -0.05) is 6.92 Å². The van der Waals surface area contributed by atoms with E-state index in [0.29, 0.717) is 17.0 Å². The lowest BCUT2D eigenvalue weighted by Gasteiger charge is -2.39. The molecule has 2 aliphatic rings. The SMILES string of the molecule is COC(=O)c1ccc(C(=O)N2CCC[C@@H]2[C@@H]2C[C@H](C)CC[C@H]2O)cc1. The van der Waals surface area contributed by atoms with E-state index < -0.39 is 5.97 Å². The zero-order valence-electron chi connectivity index (χ0n) is 15.0. The topological polar surface area (TPSA) is 66.8 Å². The molecular formula is C20H27NO4. The van der Waals surface area contributed by atoms with Gasteiger partial charge in [-0.25, -0.2) is 4.79 Å². The highest BCUT2D eigenvalue weighted by Gasteiger charge is 2.40. The van der Waals surface area contributed by atoms with Gasteiger partial charge >= 0.3 is 5.97 Å². The molecule has 1 saturated heterocycles. The molecule has 5 heteroatoms. The molecule has 1 heterocycles. The third-order valence-electron chi connectivity index (χ3n) is 5.73. The van der Waals surface area contributed by atoms with E-state index in [9.17, 15) is 14.7 Å². The second-order valence-corrected chi connectivity index (χ2v) is 7.43. The number of ether oxygens (including phenoxy) is 1. The lowest BCUT2D eigenvalue weighted by molar-refractivity contribution is 0.00858. The molecule has 5 nitrogen and oxygen atoms in total. The van der Waals surface area contributed by atoms with Crippen LogP contribution >= 0.6 is 0 Å². The van der Waals surface area contributed by atoms with E-state index in [1.165, 1.54) is 7.11 Å². The van der Waals surface area contributed by atoms with Crippen molar-refractivity contribution in [2.24, 2.45) is 11.8 Å². The van der Waals surface area contributed by atoms with E-state index in [0.717, 1.165) is 38.6 Å². The standard InChI is InChI=1S/C20H27NO4/c1-13-5-10-18(22)16(12-13)17-4-3-11-21(17)19(23)14-6-8-15(9-7-14)20(24)25-2/h6-9,13,16-18,22H,3-5,10-12H2,1-2H3/t13-,16+,17-,18-/m1/s1. The summed E-state index contributed by atoms with van der Waals surface area (Å²) in [7, 11) is 1.34. The van der Waals surface area contributed by atoms with Crippen molar-refractivity contribution in [2.45, 2.75) is 51.2 Å². The van der Waals surface area contributed by atoms with Crippen molar-refractivity contribution in [1.29, 1.82) is 0 Å². The number of rotatable bonds is 3. The third kappa shape index (κ3) is 3.71. The van der Waals surface area contributed by atoms with Gasteiger partial charge in [-0.15, -0.1) is 0 Å². The molecule has 0 aromatic heterocycles. The molecular weight excluding hydrogens is 318 g/mol. The van der Waals surface area contributed by atoms with Crippen LogP contribution in [0.1, 0.15) is 59.7 Å². The first kappa shape index (κ1) is 17.9. The lowest BCUT2D eigenvalue weighted by Crippen LogP contribution is -2.46. The second kappa shape index (κ2) is 7.56.